The number of likely N-dealkylation sites (tertiary alicyclic amines) is 1. The number of nitrogens with one attached hydrogen (secondary N) is 1. The minimum atomic E-state index is 0.499. The van der Waals surface area contributed by atoms with Crippen LogP contribution in [0.25, 0.3) is 0 Å². The fourth-order valence-corrected chi connectivity index (χ4v) is 2.69. The lowest BCUT2D eigenvalue weighted by molar-refractivity contribution is 0.118. The molecular weight excluding hydrogens is 222 g/mol. The molecule has 2 rings (SSSR count). The van der Waals surface area contributed by atoms with Crippen LogP contribution in [0.1, 0.15) is 32.4 Å². The molecule has 1 N–H and O–H groups in total. The Hall–Kier alpha value is -0.930. The molecule has 0 bridgehead atoms. The Bertz CT molecular complexity index is 348. The number of hydrogen-bond donors (Lipinski definition) is 1. The average molecular weight is 247 g/mol. The van der Waals surface area contributed by atoms with E-state index in [1.807, 2.05) is 18.3 Å². The SMILES string of the molecule is CC1(C)CCCN(CCNCc2ccccn2)C1. The van der Waals surface area contributed by atoms with Gasteiger partial charge in [-0.2, -0.15) is 0 Å². The van der Waals surface area contributed by atoms with Gasteiger partial charge in [-0.25, -0.2) is 0 Å². The van der Waals surface area contributed by atoms with Gasteiger partial charge >= 0.3 is 0 Å². The first-order valence-corrected chi connectivity index (χ1v) is 6.99. The molecule has 0 aromatic carbocycles. The Balaban J connectivity index is 1.64. The smallest absolute Gasteiger partial charge is 0.0541 e. The molecule has 0 amide bonds. The van der Waals surface area contributed by atoms with Crippen molar-refractivity contribution in [2.24, 2.45) is 5.41 Å². The quantitative estimate of drug-likeness (QED) is 0.809. The average Bonchev–Trinajstić information content (AvgIpc) is 2.35. The highest BCUT2D eigenvalue weighted by Crippen LogP contribution is 2.27. The molecule has 1 aromatic rings. The van der Waals surface area contributed by atoms with Gasteiger partial charge in [0.25, 0.3) is 0 Å². The monoisotopic (exact) mass is 247 g/mol. The van der Waals surface area contributed by atoms with Crippen LogP contribution >= 0.6 is 0 Å². The molecule has 0 unspecified atom stereocenters. The summed E-state index contributed by atoms with van der Waals surface area (Å²) in [6.07, 6.45) is 4.56. The number of aromatic nitrogens is 1. The van der Waals surface area contributed by atoms with Crippen LogP contribution in [0, 0.1) is 5.41 Å². The molecule has 1 aromatic heterocycles. The lowest BCUT2D eigenvalue weighted by atomic mass is 9.84. The van der Waals surface area contributed by atoms with Crippen LogP contribution in [0.3, 0.4) is 0 Å². The fourth-order valence-electron chi connectivity index (χ4n) is 2.69. The van der Waals surface area contributed by atoms with E-state index in [0.717, 1.165) is 25.3 Å². The Labute approximate surface area is 111 Å². The van der Waals surface area contributed by atoms with Crippen molar-refractivity contribution < 1.29 is 0 Å². The van der Waals surface area contributed by atoms with Crippen LogP contribution in [-0.2, 0) is 6.54 Å². The van der Waals surface area contributed by atoms with Gasteiger partial charge in [0.05, 0.1) is 5.69 Å². The van der Waals surface area contributed by atoms with Crippen LogP contribution < -0.4 is 5.32 Å². The zero-order chi connectivity index (χ0) is 12.8. The molecule has 3 nitrogen and oxygen atoms in total. The van der Waals surface area contributed by atoms with E-state index in [2.05, 4.69) is 35.1 Å². The molecule has 2 heterocycles. The third-order valence-electron chi connectivity index (χ3n) is 3.62. The highest BCUT2D eigenvalue weighted by atomic mass is 15.1. The number of nitrogens with zero attached hydrogens (tertiary/aromatic N) is 2. The molecule has 1 aliphatic heterocycles. The minimum absolute atomic E-state index is 0.499. The van der Waals surface area contributed by atoms with Crippen LogP contribution in [0.2, 0.25) is 0 Å². The van der Waals surface area contributed by atoms with Crippen LogP contribution in [0.15, 0.2) is 24.4 Å². The highest BCUT2D eigenvalue weighted by Gasteiger charge is 2.25. The summed E-state index contributed by atoms with van der Waals surface area (Å²) in [5, 5.41) is 3.47. The predicted molar refractivity (Wildman–Crippen MR) is 75.4 cm³/mol. The van der Waals surface area contributed by atoms with Crippen molar-refractivity contribution in [1.29, 1.82) is 0 Å². The molecule has 1 fully saturated rings. The van der Waals surface area contributed by atoms with E-state index in [1.54, 1.807) is 0 Å². The van der Waals surface area contributed by atoms with Gasteiger partial charge in [0.2, 0.25) is 0 Å². The van der Waals surface area contributed by atoms with Gasteiger partial charge in [-0.15, -0.1) is 0 Å². The molecule has 1 saturated heterocycles. The molecule has 0 saturated carbocycles. The molecule has 18 heavy (non-hydrogen) atoms. The van der Waals surface area contributed by atoms with Crippen LogP contribution in [0.4, 0.5) is 0 Å². The second-order valence-corrected chi connectivity index (χ2v) is 6.04. The second-order valence-electron chi connectivity index (χ2n) is 6.04. The van der Waals surface area contributed by atoms with Crippen molar-refractivity contribution >= 4 is 0 Å². The van der Waals surface area contributed by atoms with Crippen molar-refractivity contribution in [3.63, 3.8) is 0 Å². The van der Waals surface area contributed by atoms with E-state index >= 15 is 0 Å². The molecule has 0 atom stereocenters. The van der Waals surface area contributed by atoms with Crippen LogP contribution in [-0.4, -0.2) is 36.1 Å². The Kier molecular flexibility index (Phi) is 4.72. The Morgan fingerprint density at radius 2 is 2.28 bits per heavy atom. The first-order chi connectivity index (χ1) is 8.66. The largest absolute Gasteiger partial charge is 0.310 e. The van der Waals surface area contributed by atoms with Gasteiger partial charge < -0.3 is 10.2 Å². The van der Waals surface area contributed by atoms with E-state index < -0.39 is 0 Å². The topological polar surface area (TPSA) is 28.2 Å². The van der Waals surface area contributed by atoms with Crippen molar-refractivity contribution in [2.45, 2.75) is 33.2 Å². The van der Waals surface area contributed by atoms with E-state index in [-0.39, 0.29) is 0 Å². The maximum Gasteiger partial charge on any atom is 0.0541 e. The van der Waals surface area contributed by atoms with Gasteiger partial charge in [-0.3, -0.25) is 4.98 Å². The van der Waals surface area contributed by atoms with E-state index in [4.69, 9.17) is 0 Å². The van der Waals surface area contributed by atoms with Crippen molar-refractivity contribution in [3.8, 4) is 0 Å². The summed E-state index contributed by atoms with van der Waals surface area (Å²) in [6.45, 7) is 10.3. The van der Waals surface area contributed by atoms with Crippen LogP contribution in [0.5, 0.6) is 0 Å². The second kappa shape index (κ2) is 6.30. The van der Waals surface area contributed by atoms with Gasteiger partial charge in [-0.1, -0.05) is 19.9 Å². The summed E-state index contributed by atoms with van der Waals surface area (Å²) in [7, 11) is 0. The maximum absolute atomic E-state index is 4.31. The standard InChI is InChI=1S/C15H25N3/c1-15(2)7-5-10-18(13-15)11-9-16-12-14-6-3-4-8-17-14/h3-4,6,8,16H,5,7,9-13H2,1-2H3. The van der Waals surface area contributed by atoms with Crippen molar-refractivity contribution in [1.82, 2.24) is 15.2 Å². The summed E-state index contributed by atoms with van der Waals surface area (Å²) < 4.78 is 0. The summed E-state index contributed by atoms with van der Waals surface area (Å²) in [5.74, 6) is 0. The van der Waals surface area contributed by atoms with Gasteiger partial charge in [0.15, 0.2) is 0 Å². The molecule has 0 spiro atoms. The summed E-state index contributed by atoms with van der Waals surface area (Å²) >= 11 is 0. The maximum atomic E-state index is 4.31. The lowest BCUT2D eigenvalue weighted by Gasteiger charge is -2.38. The van der Waals surface area contributed by atoms with E-state index in [1.165, 1.54) is 25.9 Å². The summed E-state index contributed by atoms with van der Waals surface area (Å²) in [5.41, 5.74) is 1.62. The van der Waals surface area contributed by atoms with E-state index in [9.17, 15) is 0 Å². The molecular formula is C15H25N3. The Morgan fingerprint density at radius 3 is 3.00 bits per heavy atom. The zero-order valence-electron chi connectivity index (χ0n) is 11.7. The third kappa shape index (κ3) is 4.39. The first-order valence-electron chi connectivity index (χ1n) is 6.99. The molecule has 1 aliphatic rings. The van der Waals surface area contributed by atoms with Crippen molar-refractivity contribution in [2.75, 3.05) is 26.2 Å². The Morgan fingerprint density at radius 1 is 1.39 bits per heavy atom. The first kappa shape index (κ1) is 13.5. The fraction of sp³-hybridized carbons (Fsp3) is 0.667. The summed E-state index contributed by atoms with van der Waals surface area (Å²) in [4.78, 5) is 6.89. The molecule has 3 heteroatoms. The zero-order valence-corrected chi connectivity index (χ0v) is 11.7. The third-order valence-corrected chi connectivity index (χ3v) is 3.62. The van der Waals surface area contributed by atoms with Gasteiger partial charge in [0, 0.05) is 32.4 Å². The van der Waals surface area contributed by atoms with Gasteiger partial charge in [0.1, 0.15) is 0 Å². The minimum Gasteiger partial charge on any atom is -0.310 e. The number of pyridine rings is 1. The highest BCUT2D eigenvalue weighted by molar-refractivity contribution is 5.02. The molecule has 0 aliphatic carbocycles. The van der Waals surface area contributed by atoms with E-state index in [0.29, 0.717) is 5.41 Å². The number of piperidine rings is 1. The predicted octanol–water partition coefficient (Wildman–Crippen LogP) is 2.29. The molecule has 100 valence electrons. The number of rotatable bonds is 5. The van der Waals surface area contributed by atoms with Gasteiger partial charge in [-0.05, 0) is 36.9 Å². The lowest BCUT2D eigenvalue weighted by Crippen LogP contribution is -2.42. The normalized spacial score (nSPS) is 19.9. The number of hydrogen-bond acceptors (Lipinski definition) is 3. The molecule has 0 radical (unpaired) electrons. The van der Waals surface area contributed by atoms with Crippen molar-refractivity contribution in [3.05, 3.63) is 30.1 Å². The summed E-state index contributed by atoms with van der Waals surface area (Å²) in [6, 6.07) is 6.06.